The van der Waals surface area contributed by atoms with Gasteiger partial charge in [-0.3, -0.25) is 4.79 Å². The normalized spacial score (nSPS) is 17.3. The number of hydrogen-bond donors (Lipinski definition) is 1. The highest BCUT2D eigenvalue weighted by atomic mass is 16.1. The van der Waals surface area contributed by atoms with Crippen LogP contribution < -0.4 is 5.32 Å². The van der Waals surface area contributed by atoms with Crippen LogP contribution in [0.4, 0.5) is 5.69 Å². The SMILES string of the molecule is O=C(Nc1ccc([C@@H]2C[C@@H]2c2ccccc2)cc1)c1cccc(-c2ccccc2)c1. The van der Waals surface area contributed by atoms with Gasteiger partial charge >= 0.3 is 0 Å². The van der Waals surface area contributed by atoms with Gasteiger partial charge in [-0.2, -0.15) is 0 Å². The summed E-state index contributed by atoms with van der Waals surface area (Å²) in [5.74, 6) is 1.11. The average molecular weight is 389 g/mol. The third-order valence-electron chi connectivity index (χ3n) is 5.85. The molecule has 2 nitrogen and oxygen atoms in total. The summed E-state index contributed by atoms with van der Waals surface area (Å²) in [7, 11) is 0. The van der Waals surface area contributed by atoms with Crippen molar-refractivity contribution in [3.8, 4) is 11.1 Å². The van der Waals surface area contributed by atoms with Crippen molar-refractivity contribution in [1.29, 1.82) is 0 Å². The van der Waals surface area contributed by atoms with Crippen LogP contribution in [-0.4, -0.2) is 5.91 Å². The fourth-order valence-electron chi connectivity index (χ4n) is 4.12. The van der Waals surface area contributed by atoms with Gasteiger partial charge < -0.3 is 5.32 Å². The van der Waals surface area contributed by atoms with Gasteiger partial charge in [0.05, 0.1) is 0 Å². The third kappa shape index (κ3) is 3.90. The molecule has 0 unspecified atom stereocenters. The van der Waals surface area contributed by atoms with Crippen molar-refractivity contribution in [2.75, 3.05) is 5.32 Å². The minimum absolute atomic E-state index is 0.0888. The first-order valence-corrected chi connectivity index (χ1v) is 10.4. The van der Waals surface area contributed by atoms with Crippen LogP contribution in [0.15, 0.2) is 109 Å². The maximum atomic E-state index is 12.8. The molecule has 2 atom stereocenters. The molecule has 0 spiro atoms. The summed E-state index contributed by atoms with van der Waals surface area (Å²) in [4.78, 5) is 12.8. The molecule has 30 heavy (non-hydrogen) atoms. The first-order valence-electron chi connectivity index (χ1n) is 10.4. The van der Waals surface area contributed by atoms with E-state index in [-0.39, 0.29) is 5.91 Å². The van der Waals surface area contributed by atoms with Crippen molar-refractivity contribution in [1.82, 2.24) is 0 Å². The van der Waals surface area contributed by atoms with Crippen LogP contribution in [0.25, 0.3) is 11.1 Å². The monoisotopic (exact) mass is 389 g/mol. The molecular weight excluding hydrogens is 366 g/mol. The summed E-state index contributed by atoms with van der Waals surface area (Å²) >= 11 is 0. The van der Waals surface area contributed by atoms with E-state index in [1.165, 1.54) is 17.5 Å². The summed E-state index contributed by atoms with van der Waals surface area (Å²) in [6.45, 7) is 0. The fourth-order valence-corrected chi connectivity index (χ4v) is 4.12. The van der Waals surface area contributed by atoms with Crippen LogP contribution in [0.3, 0.4) is 0 Å². The first-order chi connectivity index (χ1) is 14.8. The Morgan fingerprint density at radius 2 is 1.23 bits per heavy atom. The van der Waals surface area contributed by atoms with Crippen molar-refractivity contribution >= 4 is 11.6 Å². The molecule has 1 amide bonds. The molecule has 4 aromatic rings. The summed E-state index contributed by atoms with van der Waals surface area (Å²) in [5.41, 5.74) is 6.39. The first kappa shape index (κ1) is 18.4. The molecule has 1 aliphatic carbocycles. The highest BCUT2D eigenvalue weighted by Crippen LogP contribution is 2.54. The number of amides is 1. The second-order valence-electron chi connectivity index (χ2n) is 7.88. The van der Waals surface area contributed by atoms with Crippen LogP contribution in [0.2, 0.25) is 0 Å². The van der Waals surface area contributed by atoms with E-state index < -0.39 is 0 Å². The Hall–Kier alpha value is -3.65. The summed E-state index contributed by atoms with van der Waals surface area (Å²) in [6, 6.07) is 36.9. The van der Waals surface area contributed by atoms with E-state index in [1.807, 2.05) is 54.6 Å². The number of nitrogens with one attached hydrogen (secondary N) is 1. The minimum atomic E-state index is -0.0888. The summed E-state index contributed by atoms with van der Waals surface area (Å²) in [5, 5.41) is 3.03. The number of rotatable bonds is 5. The van der Waals surface area contributed by atoms with E-state index >= 15 is 0 Å². The summed E-state index contributed by atoms with van der Waals surface area (Å²) < 4.78 is 0. The smallest absolute Gasteiger partial charge is 0.255 e. The van der Waals surface area contributed by atoms with Crippen molar-refractivity contribution in [3.05, 3.63) is 126 Å². The van der Waals surface area contributed by atoms with Gasteiger partial charge in [0.25, 0.3) is 5.91 Å². The number of carbonyl (C=O) groups excluding carboxylic acids is 1. The van der Waals surface area contributed by atoms with Crippen molar-refractivity contribution in [2.45, 2.75) is 18.3 Å². The Morgan fingerprint density at radius 3 is 1.93 bits per heavy atom. The molecule has 0 aromatic heterocycles. The molecule has 0 aliphatic heterocycles. The highest BCUT2D eigenvalue weighted by molar-refractivity contribution is 6.05. The number of carbonyl (C=O) groups is 1. The number of hydrogen-bond acceptors (Lipinski definition) is 1. The van der Waals surface area contributed by atoms with Crippen molar-refractivity contribution in [2.24, 2.45) is 0 Å². The molecule has 2 heteroatoms. The van der Waals surface area contributed by atoms with Gasteiger partial charge in [0.1, 0.15) is 0 Å². The number of benzene rings is 4. The van der Waals surface area contributed by atoms with Gasteiger partial charge in [0.15, 0.2) is 0 Å². The molecule has 1 fully saturated rings. The number of anilines is 1. The van der Waals surface area contributed by atoms with Gasteiger partial charge in [0.2, 0.25) is 0 Å². The zero-order valence-corrected chi connectivity index (χ0v) is 16.7. The third-order valence-corrected chi connectivity index (χ3v) is 5.85. The van der Waals surface area contributed by atoms with Gasteiger partial charge in [0, 0.05) is 11.3 Å². The molecule has 1 N–H and O–H groups in total. The molecule has 4 aromatic carbocycles. The topological polar surface area (TPSA) is 29.1 Å². The van der Waals surface area contributed by atoms with E-state index in [0.717, 1.165) is 16.8 Å². The lowest BCUT2D eigenvalue weighted by atomic mass is 10.0. The lowest BCUT2D eigenvalue weighted by Gasteiger charge is -2.08. The van der Waals surface area contributed by atoms with Crippen molar-refractivity contribution in [3.63, 3.8) is 0 Å². The van der Waals surface area contributed by atoms with Crippen molar-refractivity contribution < 1.29 is 4.79 Å². The van der Waals surface area contributed by atoms with Crippen LogP contribution in [0.5, 0.6) is 0 Å². The average Bonchev–Trinajstić information content (AvgIpc) is 3.62. The van der Waals surface area contributed by atoms with Crippen LogP contribution >= 0.6 is 0 Å². The van der Waals surface area contributed by atoms with Crippen LogP contribution in [0.1, 0.15) is 39.7 Å². The minimum Gasteiger partial charge on any atom is -0.322 e. The lowest BCUT2D eigenvalue weighted by Crippen LogP contribution is -2.11. The second-order valence-corrected chi connectivity index (χ2v) is 7.88. The fraction of sp³-hybridized carbons (Fsp3) is 0.107. The molecule has 0 saturated heterocycles. The maximum absolute atomic E-state index is 12.8. The predicted octanol–water partition coefficient (Wildman–Crippen LogP) is 6.88. The Balaban J connectivity index is 1.26. The second kappa shape index (κ2) is 8.00. The molecule has 146 valence electrons. The maximum Gasteiger partial charge on any atom is 0.255 e. The molecule has 1 aliphatic rings. The van der Waals surface area contributed by atoms with E-state index in [4.69, 9.17) is 0 Å². The van der Waals surface area contributed by atoms with Gasteiger partial charge in [-0.15, -0.1) is 0 Å². The molecule has 5 rings (SSSR count). The summed E-state index contributed by atoms with van der Waals surface area (Å²) in [6.07, 6.45) is 1.20. The zero-order chi connectivity index (χ0) is 20.3. The molecule has 0 heterocycles. The zero-order valence-electron chi connectivity index (χ0n) is 16.7. The standard InChI is InChI=1S/C28H23NO/c30-28(24-13-7-12-23(18-24)20-8-3-1-4-9-20)29-25-16-14-22(15-17-25)27-19-26(27)21-10-5-2-6-11-21/h1-18,26-27H,19H2,(H,29,30)/t26-,27+/m1/s1. The Morgan fingerprint density at radius 1 is 0.633 bits per heavy atom. The predicted molar refractivity (Wildman–Crippen MR) is 123 cm³/mol. The Bertz CT molecular complexity index is 1150. The Kier molecular flexibility index (Phi) is 4.90. The molecule has 0 radical (unpaired) electrons. The van der Waals surface area contributed by atoms with Crippen LogP contribution in [0, 0.1) is 0 Å². The largest absolute Gasteiger partial charge is 0.322 e. The van der Waals surface area contributed by atoms with E-state index in [1.54, 1.807) is 0 Å². The van der Waals surface area contributed by atoms with Gasteiger partial charge in [-0.05, 0) is 64.8 Å². The Labute approximate surface area is 177 Å². The van der Waals surface area contributed by atoms with E-state index in [0.29, 0.717) is 17.4 Å². The van der Waals surface area contributed by atoms with Crippen LogP contribution in [-0.2, 0) is 0 Å². The van der Waals surface area contributed by atoms with Gasteiger partial charge in [-0.25, -0.2) is 0 Å². The molecular formula is C28H23NO. The highest BCUT2D eigenvalue weighted by Gasteiger charge is 2.39. The van der Waals surface area contributed by atoms with E-state index in [2.05, 4.69) is 59.9 Å². The van der Waals surface area contributed by atoms with E-state index in [9.17, 15) is 4.79 Å². The van der Waals surface area contributed by atoms with Gasteiger partial charge in [-0.1, -0.05) is 84.9 Å². The lowest BCUT2D eigenvalue weighted by molar-refractivity contribution is 0.102. The molecule has 1 saturated carbocycles. The molecule has 0 bridgehead atoms. The quantitative estimate of drug-likeness (QED) is 0.396.